The van der Waals surface area contributed by atoms with Crippen molar-refractivity contribution in [2.45, 2.75) is 13.1 Å². The largest absolute Gasteiger partial charge is 0.452 e. The number of hydrogen-bond acceptors (Lipinski definition) is 3. The van der Waals surface area contributed by atoms with Crippen LogP contribution in [-0.4, -0.2) is 18.5 Å². The Kier molecular flexibility index (Phi) is 5.41. The van der Waals surface area contributed by atoms with E-state index in [9.17, 15) is 27.2 Å². The van der Waals surface area contributed by atoms with Crippen molar-refractivity contribution in [2.75, 3.05) is 11.9 Å². The highest BCUT2D eigenvalue weighted by Crippen LogP contribution is 2.29. The maximum atomic E-state index is 13.4. The molecule has 2 aromatic carbocycles. The molecule has 1 amide bonds. The zero-order chi connectivity index (χ0) is 18.6. The van der Waals surface area contributed by atoms with Gasteiger partial charge in [-0.05, 0) is 48.9 Å². The lowest BCUT2D eigenvalue weighted by molar-refractivity contribution is -0.137. The van der Waals surface area contributed by atoms with Gasteiger partial charge in [-0.15, -0.1) is 0 Å². The summed E-state index contributed by atoms with van der Waals surface area (Å²) in [6.45, 7) is 0.872. The van der Waals surface area contributed by atoms with Gasteiger partial charge in [0.25, 0.3) is 5.91 Å². The van der Waals surface area contributed by atoms with Gasteiger partial charge >= 0.3 is 12.1 Å². The predicted octanol–water partition coefficient (Wildman–Crippen LogP) is 3.95. The van der Waals surface area contributed by atoms with E-state index in [1.54, 1.807) is 0 Å². The summed E-state index contributed by atoms with van der Waals surface area (Å²) in [7, 11) is 0. The number of alkyl halides is 3. The second-order valence-electron chi connectivity index (χ2n) is 5.16. The van der Waals surface area contributed by atoms with Crippen LogP contribution in [0.1, 0.15) is 21.5 Å². The molecule has 2 rings (SSSR count). The van der Waals surface area contributed by atoms with Crippen LogP contribution in [0.4, 0.5) is 23.2 Å². The van der Waals surface area contributed by atoms with Gasteiger partial charge in [0, 0.05) is 5.69 Å². The van der Waals surface area contributed by atoms with Crippen molar-refractivity contribution in [1.82, 2.24) is 0 Å². The van der Waals surface area contributed by atoms with Crippen LogP contribution < -0.4 is 5.32 Å². The third kappa shape index (κ3) is 5.03. The minimum absolute atomic E-state index is 0.0505. The van der Waals surface area contributed by atoms with Gasteiger partial charge in [-0.2, -0.15) is 13.2 Å². The van der Waals surface area contributed by atoms with Gasteiger partial charge in [0.1, 0.15) is 5.82 Å². The molecule has 8 heteroatoms. The molecule has 0 atom stereocenters. The molecule has 0 aliphatic heterocycles. The fraction of sp³-hybridized carbons (Fsp3) is 0.176. The molecule has 0 unspecified atom stereocenters. The van der Waals surface area contributed by atoms with Gasteiger partial charge in [0.05, 0.1) is 11.1 Å². The molecule has 0 radical (unpaired) electrons. The summed E-state index contributed by atoms with van der Waals surface area (Å²) in [6.07, 6.45) is -4.47. The molecule has 0 aromatic heterocycles. The Balaban J connectivity index is 1.90. The Labute approximate surface area is 140 Å². The first kappa shape index (κ1) is 18.4. The molecule has 0 heterocycles. The fourth-order valence-corrected chi connectivity index (χ4v) is 1.87. The summed E-state index contributed by atoms with van der Waals surface area (Å²) in [5.41, 5.74) is -0.421. The highest BCUT2D eigenvalue weighted by Gasteiger charge is 2.30. The number of carbonyl (C=O) groups is 2. The quantitative estimate of drug-likeness (QED) is 0.667. The molecule has 4 nitrogen and oxygen atoms in total. The van der Waals surface area contributed by atoms with E-state index in [4.69, 9.17) is 4.74 Å². The Morgan fingerprint density at radius 2 is 1.72 bits per heavy atom. The van der Waals surface area contributed by atoms with Crippen LogP contribution >= 0.6 is 0 Å². The van der Waals surface area contributed by atoms with Crippen molar-refractivity contribution in [1.29, 1.82) is 0 Å². The molecule has 132 valence electrons. The van der Waals surface area contributed by atoms with E-state index >= 15 is 0 Å². The van der Waals surface area contributed by atoms with E-state index in [2.05, 4.69) is 5.32 Å². The fourth-order valence-electron chi connectivity index (χ4n) is 1.87. The molecule has 0 bridgehead atoms. The predicted molar refractivity (Wildman–Crippen MR) is 81.5 cm³/mol. The van der Waals surface area contributed by atoms with Crippen molar-refractivity contribution in [3.05, 3.63) is 65.0 Å². The molecule has 1 N–H and O–H groups in total. The maximum Gasteiger partial charge on any atom is 0.416 e. The third-order valence-corrected chi connectivity index (χ3v) is 3.24. The van der Waals surface area contributed by atoms with Crippen molar-refractivity contribution < 1.29 is 31.9 Å². The van der Waals surface area contributed by atoms with Crippen molar-refractivity contribution in [3.8, 4) is 0 Å². The monoisotopic (exact) mass is 355 g/mol. The number of amides is 1. The number of hydrogen-bond donors (Lipinski definition) is 1. The molecule has 2 aromatic rings. The molecule has 0 saturated carbocycles. The highest BCUT2D eigenvalue weighted by molar-refractivity contribution is 5.95. The summed E-state index contributed by atoms with van der Waals surface area (Å²) >= 11 is 0. The standard InChI is InChI=1S/C17H13F4NO3/c1-10-2-3-11(8-14(10)18)16(24)25-9-15(23)22-13-6-4-12(5-7-13)17(19,20)21/h2-8H,9H2,1H3,(H,22,23). The second-order valence-corrected chi connectivity index (χ2v) is 5.16. The van der Waals surface area contributed by atoms with Crippen LogP contribution in [0, 0.1) is 12.7 Å². The number of nitrogens with one attached hydrogen (secondary N) is 1. The van der Waals surface area contributed by atoms with Crippen LogP contribution in [0.15, 0.2) is 42.5 Å². The first-order chi connectivity index (χ1) is 11.7. The van der Waals surface area contributed by atoms with E-state index in [0.717, 1.165) is 30.3 Å². The average Bonchev–Trinajstić information content (AvgIpc) is 2.55. The van der Waals surface area contributed by atoms with Crippen molar-refractivity contribution >= 4 is 17.6 Å². The molecule has 0 aliphatic carbocycles. The summed E-state index contributed by atoms with van der Waals surface area (Å²) in [5, 5.41) is 2.29. The van der Waals surface area contributed by atoms with Crippen LogP contribution in [-0.2, 0) is 15.7 Å². The van der Waals surface area contributed by atoms with Gasteiger partial charge < -0.3 is 10.1 Å². The van der Waals surface area contributed by atoms with Gasteiger partial charge in [-0.3, -0.25) is 4.79 Å². The van der Waals surface area contributed by atoms with Gasteiger partial charge in [-0.25, -0.2) is 9.18 Å². The molecule has 0 saturated heterocycles. The van der Waals surface area contributed by atoms with Crippen molar-refractivity contribution in [3.63, 3.8) is 0 Å². The molecule has 0 spiro atoms. The van der Waals surface area contributed by atoms with Gasteiger partial charge in [0.15, 0.2) is 6.61 Å². The van der Waals surface area contributed by atoms with Crippen LogP contribution in [0.3, 0.4) is 0 Å². The first-order valence-corrected chi connectivity index (χ1v) is 7.07. The third-order valence-electron chi connectivity index (χ3n) is 3.24. The summed E-state index contributed by atoms with van der Waals surface area (Å²) in [4.78, 5) is 23.4. The number of anilines is 1. The Morgan fingerprint density at radius 3 is 2.28 bits per heavy atom. The number of aryl methyl sites for hydroxylation is 1. The number of carbonyl (C=O) groups excluding carboxylic acids is 2. The zero-order valence-corrected chi connectivity index (χ0v) is 13.0. The maximum absolute atomic E-state index is 13.4. The number of halogens is 4. The number of ether oxygens (including phenoxy) is 1. The Bertz CT molecular complexity index is 785. The SMILES string of the molecule is Cc1ccc(C(=O)OCC(=O)Nc2ccc(C(F)(F)F)cc2)cc1F. The zero-order valence-electron chi connectivity index (χ0n) is 13.0. The number of esters is 1. The van der Waals surface area contributed by atoms with Crippen molar-refractivity contribution in [2.24, 2.45) is 0 Å². The Morgan fingerprint density at radius 1 is 1.08 bits per heavy atom. The van der Waals surface area contributed by atoms with Crippen LogP contribution in [0.5, 0.6) is 0 Å². The summed E-state index contributed by atoms with van der Waals surface area (Å²) in [5.74, 6) is -2.20. The summed E-state index contributed by atoms with van der Waals surface area (Å²) in [6, 6.07) is 7.54. The van der Waals surface area contributed by atoms with Crippen LogP contribution in [0.25, 0.3) is 0 Å². The minimum atomic E-state index is -4.47. The number of rotatable bonds is 4. The lowest BCUT2D eigenvalue weighted by Crippen LogP contribution is -2.21. The average molecular weight is 355 g/mol. The Hall–Kier alpha value is -2.90. The van der Waals surface area contributed by atoms with E-state index in [-0.39, 0.29) is 11.3 Å². The van der Waals surface area contributed by atoms with E-state index in [0.29, 0.717) is 5.56 Å². The van der Waals surface area contributed by atoms with Gasteiger partial charge in [-0.1, -0.05) is 6.07 Å². The van der Waals surface area contributed by atoms with E-state index < -0.39 is 36.0 Å². The normalized spacial score (nSPS) is 11.1. The highest BCUT2D eigenvalue weighted by atomic mass is 19.4. The lowest BCUT2D eigenvalue weighted by Gasteiger charge is -2.09. The van der Waals surface area contributed by atoms with E-state index in [1.165, 1.54) is 19.1 Å². The molecular weight excluding hydrogens is 342 g/mol. The lowest BCUT2D eigenvalue weighted by atomic mass is 10.1. The molecule has 0 aliphatic rings. The second kappa shape index (κ2) is 7.33. The van der Waals surface area contributed by atoms with Crippen LogP contribution in [0.2, 0.25) is 0 Å². The smallest absolute Gasteiger partial charge is 0.416 e. The first-order valence-electron chi connectivity index (χ1n) is 7.07. The van der Waals surface area contributed by atoms with Gasteiger partial charge in [0.2, 0.25) is 0 Å². The minimum Gasteiger partial charge on any atom is -0.452 e. The molecule has 0 fully saturated rings. The summed E-state index contributed by atoms with van der Waals surface area (Å²) < 4.78 is 55.4. The molecule has 25 heavy (non-hydrogen) atoms. The number of benzene rings is 2. The van der Waals surface area contributed by atoms with E-state index in [1.807, 2.05) is 0 Å². The molecular formula is C17H13F4NO3. The topological polar surface area (TPSA) is 55.4 Å².